The van der Waals surface area contributed by atoms with Crippen molar-refractivity contribution >= 4 is 50.7 Å². The number of anilines is 1. The van der Waals surface area contributed by atoms with E-state index in [1.54, 1.807) is 19.1 Å². The molecule has 0 aliphatic rings. The van der Waals surface area contributed by atoms with Crippen LogP contribution in [0.1, 0.15) is 30.0 Å². The maximum absolute atomic E-state index is 13.9. The van der Waals surface area contributed by atoms with Gasteiger partial charge in [-0.25, -0.2) is 8.42 Å². The van der Waals surface area contributed by atoms with E-state index >= 15 is 0 Å². The van der Waals surface area contributed by atoms with Crippen molar-refractivity contribution in [3.63, 3.8) is 0 Å². The molecule has 1 unspecified atom stereocenters. The fourth-order valence-corrected chi connectivity index (χ4v) is 5.98. The SMILES string of the molecule is CCC(C(=O)NC)N(Cc1cccc(C)c1)C(=O)CN(c1cc(Cl)ccc1Cl)S(=O)(=O)c1ccc(C)cc1. The molecular formula is C28H31Cl2N3O4S. The van der Waals surface area contributed by atoms with Gasteiger partial charge in [0.15, 0.2) is 0 Å². The van der Waals surface area contributed by atoms with Crippen LogP contribution in [0.25, 0.3) is 0 Å². The number of aryl methyl sites for hydroxylation is 2. The number of rotatable bonds is 10. The Labute approximate surface area is 234 Å². The molecule has 2 amide bonds. The Morgan fingerprint density at radius 1 is 0.947 bits per heavy atom. The van der Waals surface area contributed by atoms with Gasteiger partial charge in [-0.05, 0) is 56.2 Å². The van der Waals surface area contributed by atoms with Crippen molar-refractivity contribution in [3.05, 3.63) is 93.5 Å². The Bertz CT molecular complexity index is 1410. The van der Waals surface area contributed by atoms with Crippen molar-refractivity contribution in [1.82, 2.24) is 10.2 Å². The van der Waals surface area contributed by atoms with E-state index < -0.39 is 28.5 Å². The normalized spacial score (nSPS) is 12.1. The lowest BCUT2D eigenvalue weighted by Crippen LogP contribution is -2.51. The Balaban J connectivity index is 2.11. The maximum atomic E-state index is 13.9. The highest BCUT2D eigenvalue weighted by atomic mass is 35.5. The molecule has 7 nitrogen and oxygen atoms in total. The molecule has 202 valence electrons. The number of carbonyl (C=O) groups excluding carboxylic acids is 2. The lowest BCUT2D eigenvalue weighted by atomic mass is 10.1. The van der Waals surface area contributed by atoms with Crippen molar-refractivity contribution < 1.29 is 18.0 Å². The summed E-state index contributed by atoms with van der Waals surface area (Å²) in [6.07, 6.45) is 0.333. The Kier molecular flexibility index (Phi) is 9.82. The molecule has 0 heterocycles. The highest BCUT2D eigenvalue weighted by molar-refractivity contribution is 7.92. The quantitative estimate of drug-likeness (QED) is 0.352. The molecule has 0 aliphatic carbocycles. The van der Waals surface area contributed by atoms with Gasteiger partial charge < -0.3 is 10.2 Å². The highest BCUT2D eigenvalue weighted by Crippen LogP contribution is 2.33. The van der Waals surface area contributed by atoms with E-state index in [0.29, 0.717) is 6.42 Å². The van der Waals surface area contributed by atoms with Gasteiger partial charge in [-0.2, -0.15) is 0 Å². The number of carbonyl (C=O) groups is 2. The van der Waals surface area contributed by atoms with E-state index in [1.807, 2.05) is 38.1 Å². The molecule has 0 bridgehead atoms. The molecule has 1 atom stereocenters. The first-order chi connectivity index (χ1) is 18.0. The zero-order valence-electron chi connectivity index (χ0n) is 21.7. The molecule has 10 heteroatoms. The average Bonchev–Trinajstić information content (AvgIpc) is 2.88. The van der Waals surface area contributed by atoms with E-state index in [1.165, 1.54) is 42.3 Å². The molecule has 0 radical (unpaired) electrons. The predicted molar refractivity (Wildman–Crippen MR) is 152 cm³/mol. The summed E-state index contributed by atoms with van der Waals surface area (Å²) in [6, 6.07) is 17.5. The minimum absolute atomic E-state index is 0.00415. The third-order valence-corrected chi connectivity index (χ3v) is 8.46. The lowest BCUT2D eigenvalue weighted by Gasteiger charge is -2.33. The molecule has 0 saturated carbocycles. The lowest BCUT2D eigenvalue weighted by molar-refractivity contribution is -0.140. The van der Waals surface area contributed by atoms with Gasteiger partial charge >= 0.3 is 0 Å². The summed E-state index contributed by atoms with van der Waals surface area (Å²) in [5, 5.41) is 2.98. The summed E-state index contributed by atoms with van der Waals surface area (Å²) in [5.74, 6) is -0.907. The number of sulfonamides is 1. The molecule has 3 aromatic rings. The fraction of sp³-hybridized carbons (Fsp3) is 0.286. The van der Waals surface area contributed by atoms with Crippen molar-refractivity contribution in [3.8, 4) is 0 Å². The summed E-state index contributed by atoms with van der Waals surface area (Å²) >= 11 is 12.6. The predicted octanol–water partition coefficient (Wildman–Crippen LogP) is 5.36. The summed E-state index contributed by atoms with van der Waals surface area (Å²) in [5.41, 5.74) is 2.76. The first-order valence-electron chi connectivity index (χ1n) is 12.1. The average molecular weight is 577 g/mol. The molecule has 0 saturated heterocycles. The van der Waals surface area contributed by atoms with E-state index in [0.717, 1.165) is 21.0 Å². The summed E-state index contributed by atoms with van der Waals surface area (Å²) in [4.78, 5) is 28.1. The van der Waals surface area contributed by atoms with Gasteiger partial charge in [0.1, 0.15) is 12.6 Å². The van der Waals surface area contributed by atoms with Gasteiger partial charge in [-0.15, -0.1) is 0 Å². The number of nitrogens with one attached hydrogen (secondary N) is 1. The van der Waals surface area contributed by atoms with Crippen LogP contribution in [0.3, 0.4) is 0 Å². The number of hydrogen-bond donors (Lipinski definition) is 1. The van der Waals surface area contributed by atoms with E-state index in [4.69, 9.17) is 23.2 Å². The molecule has 38 heavy (non-hydrogen) atoms. The number of hydrogen-bond acceptors (Lipinski definition) is 4. The zero-order valence-corrected chi connectivity index (χ0v) is 24.1. The van der Waals surface area contributed by atoms with Crippen LogP contribution in [0.2, 0.25) is 10.0 Å². The second kappa shape index (κ2) is 12.7. The molecule has 0 aliphatic heterocycles. The maximum Gasteiger partial charge on any atom is 0.264 e. The number of halogens is 2. The second-order valence-electron chi connectivity index (χ2n) is 8.97. The van der Waals surface area contributed by atoms with Crippen LogP contribution < -0.4 is 9.62 Å². The van der Waals surface area contributed by atoms with Crippen LogP contribution >= 0.6 is 23.2 Å². The molecule has 3 rings (SSSR count). The highest BCUT2D eigenvalue weighted by Gasteiger charge is 2.34. The largest absolute Gasteiger partial charge is 0.357 e. The number of amides is 2. The van der Waals surface area contributed by atoms with Crippen molar-refractivity contribution in [2.75, 3.05) is 17.9 Å². The van der Waals surface area contributed by atoms with Gasteiger partial charge in [0.25, 0.3) is 10.0 Å². The van der Waals surface area contributed by atoms with Crippen molar-refractivity contribution in [2.24, 2.45) is 0 Å². The Morgan fingerprint density at radius 2 is 1.63 bits per heavy atom. The minimum atomic E-state index is -4.23. The van der Waals surface area contributed by atoms with Crippen LogP contribution in [-0.2, 0) is 26.2 Å². The third-order valence-electron chi connectivity index (χ3n) is 6.13. The van der Waals surface area contributed by atoms with Crippen LogP contribution in [0.15, 0.2) is 71.6 Å². The van der Waals surface area contributed by atoms with Crippen molar-refractivity contribution in [1.29, 1.82) is 0 Å². The first kappa shape index (κ1) is 29.5. The standard InChI is InChI=1S/C28H31Cl2N3O4S/c1-5-25(28(35)31-4)32(17-21-8-6-7-20(3)15-21)27(34)18-33(26-16-22(29)11-14-24(26)30)38(36,37)23-12-9-19(2)10-13-23/h6-16,25H,5,17-18H2,1-4H3,(H,31,35). The van der Waals surface area contributed by atoms with Crippen LogP contribution in [0, 0.1) is 13.8 Å². The third kappa shape index (κ3) is 6.87. The van der Waals surface area contributed by atoms with Gasteiger partial charge in [-0.1, -0.05) is 77.7 Å². The molecule has 3 aromatic carbocycles. The smallest absolute Gasteiger partial charge is 0.264 e. The van der Waals surface area contributed by atoms with E-state index in [9.17, 15) is 18.0 Å². The Morgan fingerprint density at radius 3 is 2.24 bits per heavy atom. The van der Waals surface area contributed by atoms with Gasteiger partial charge in [0.05, 0.1) is 15.6 Å². The molecule has 0 fully saturated rings. The minimum Gasteiger partial charge on any atom is -0.357 e. The van der Waals surface area contributed by atoms with E-state index in [2.05, 4.69) is 5.32 Å². The number of benzene rings is 3. The van der Waals surface area contributed by atoms with Crippen LogP contribution in [0.5, 0.6) is 0 Å². The Hall–Kier alpha value is -3.07. The molecular weight excluding hydrogens is 545 g/mol. The van der Waals surface area contributed by atoms with Gasteiger partial charge in [0.2, 0.25) is 11.8 Å². The second-order valence-corrected chi connectivity index (χ2v) is 11.7. The summed E-state index contributed by atoms with van der Waals surface area (Å²) in [6.45, 7) is 5.11. The number of likely N-dealkylation sites (N-methyl/N-ethyl adjacent to an activating group) is 1. The fourth-order valence-electron chi connectivity index (χ4n) is 4.12. The topological polar surface area (TPSA) is 86.8 Å². The monoisotopic (exact) mass is 575 g/mol. The summed E-state index contributed by atoms with van der Waals surface area (Å²) < 4.78 is 28.7. The van der Waals surface area contributed by atoms with Crippen LogP contribution in [-0.4, -0.2) is 44.8 Å². The summed E-state index contributed by atoms with van der Waals surface area (Å²) in [7, 11) is -2.73. The van der Waals surface area contributed by atoms with Gasteiger partial charge in [-0.3, -0.25) is 13.9 Å². The molecule has 1 N–H and O–H groups in total. The zero-order chi connectivity index (χ0) is 28.0. The first-order valence-corrected chi connectivity index (χ1v) is 14.3. The van der Waals surface area contributed by atoms with Crippen molar-refractivity contribution in [2.45, 2.75) is 44.7 Å². The van der Waals surface area contributed by atoms with Gasteiger partial charge in [0, 0.05) is 18.6 Å². The molecule has 0 aromatic heterocycles. The molecule has 0 spiro atoms. The van der Waals surface area contributed by atoms with E-state index in [-0.39, 0.29) is 33.1 Å². The number of nitrogens with zero attached hydrogens (tertiary/aromatic N) is 2. The van der Waals surface area contributed by atoms with Crippen LogP contribution in [0.4, 0.5) is 5.69 Å².